The monoisotopic (exact) mass is 251 g/mol. The molecule has 1 aliphatic heterocycles. The van der Waals surface area contributed by atoms with E-state index < -0.39 is 0 Å². The third kappa shape index (κ3) is 3.21. The molecule has 0 bridgehead atoms. The van der Waals surface area contributed by atoms with Crippen molar-refractivity contribution in [2.45, 2.75) is 18.9 Å². The molecule has 1 atom stereocenters. The number of hydrogen-bond acceptors (Lipinski definition) is 3. The summed E-state index contributed by atoms with van der Waals surface area (Å²) in [6.45, 7) is 3.73. The van der Waals surface area contributed by atoms with E-state index in [1.54, 1.807) is 12.1 Å². The summed E-state index contributed by atoms with van der Waals surface area (Å²) in [5.41, 5.74) is 6.68. The fourth-order valence-electron chi connectivity index (χ4n) is 2.68. The van der Waals surface area contributed by atoms with Crippen molar-refractivity contribution >= 4 is 5.69 Å². The van der Waals surface area contributed by atoms with Gasteiger partial charge in [-0.15, -0.1) is 0 Å². The van der Waals surface area contributed by atoms with Crippen LogP contribution in [0.25, 0.3) is 0 Å². The van der Waals surface area contributed by atoms with Crippen LogP contribution in [-0.4, -0.2) is 44.2 Å². The maximum atomic E-state index is 13.4. The Morgan fingerprint density at radius 1 is 1.39 bits per heavy atom. The van der Waals surface area contributed by atoms with Gasteiger partial charge >= 0.3 is 0 Å². The van der Waals surface area contributed by atoms with Crippen molar-refractivity contribution in [2.75, 3.05) is 38.1 Å². The highest BCUT2D eigenvalue weighted by molar-refractivity contribution is 5.47. The molecule has 1 unspecified atom stereocenters. The molecule has 18 heavy (non-hydrogen) atoms. The second-order valence-electron chi connectivity index (χ2n) is 5.02. The molecule has 0 saturated carbocycles. The first-order chi connectivity index (χ1) is 8.70. The summed E-state index contributed by atoms with van der Waals surface area (Å²) >= 11 is 0. The summed E-state index contributed by atoms with van der Waals surface area (Å²) in [7, 11) is 2.14. The second kappa shape index (κ2) is 6.16. The van der Waals surface area contributed by atoms with E-state index >= 15 is 0 Å². The minimum Gasteiger partial charge on any atom is -0.367 e. The highest BCUT2D eigenvalue weighted by atomic mass is 19.1. The number of rotatable bonds is 3. The summed E-state index contributed by atoms with van der Waals surface area (Å²) < 4.78 is 13.4. The third-order valence-corrected chi connectivity index (χ3v) is 3.54. The lowest BCUT2D eigenvalue weighted by atomic mass is 10.1. The Labute approximate surface area is 108 Å². The van der Waals surface area contributed by atoms with E-state index in [0.717, 1.165) is 38.2 Å². The van der Waals surface area contributed by atoms with Crippen molar-refractivity contribution in [3.05, 3.63) is 30.1 Å². The molecular formula is C14H22FN3. The van der Waals surface area contributed by atoms with Crippen molar-refractivity contribution < 1.29 is 4.39 Å². The Balaban J connectivity index is 2.21. The average molecular weight is 251 g/mol. The zero-order chi connectivity index (χ0) is 13.0. The van der Waals surface area contributed by atoms with Crippen LogP contribution in [0.5, 0.6) is 0 Å². The molecule has 1 aromatic rings. The fraction of sp³-hybridized carbons (Fsp3) is 0.571. The zero-order valence-electron chi connectivity index (χ0n) is 11.0. The first-order valence-corrected chi connectivity index (χ1v) is 6.61. The molecule has 0 aliphatic carbocycles. The van der Waals surface area contributed by atoms with Gasteiger partial charge in [-0.3, -0.25) is 0 Å². The molecule has 3 nitrogen and oxygen atoms in total. The van der Waals surface area contributed by atoms with Crippen LogP contribution in [0.4, 0.5) is 10.1 Å². The number of nitrogens with two attached hydrogens (primary N) is 1. The van der Waals surface area contributed by atoms with Gasteiger partial charge in [-0.05, 0) is 51.2 Å². The van der Waals surface area contributed by atoms with Crippen LogP contribution in [0.1, 0.15) is 12.8 Å². The smallest absolute Gasteiger partial charge is 0.125 e. The lowest BCUT2D eigenvalue weighted by molar-refractivity contribution is 0.326. The molecule has 1 fully saturated rings. The Morgan fingerprint density at radius 3 is 2.94 bits per heavy atom. The summed E-state index contributed by atoms with van der Waals surface area (Å²) in [6.07, 6.45) is 2.05. The van der Waals surface area contributed by atoms with Crippen LogP contribution < -0.4 is 10.6 Å². The molecule has 0 spiro atoms. The lowest BCUT2D eigenvalue weighted by Gasteiger charge is -2.32. The maximum Gasteiger partial charge on any atom is 0.125 e. The highest BCUT2D eigenvalue weighted by Gasteiger charge is 2.23. The SMILES string of the molecule is CN1CCCN(c2cccc(F)c2)C(CCN)C1. The van der Waals surface area contributed by atoms with Crippen LogP contribution in [0.15, 0.2) is 24.3 Å². The van der Waals surface area contributed by atoms with Crippen LogP contribution in [0, 0.1) is 5.82 Å². The molecule has 0 aromatic heterocycles. The second-order valence-corrected chi connectivity index (χ2v) is 5.02. The molecule has 0 radical (unpaired) electrons. The van der Waals surface area contributed by atoms with Gasteiger partial charge in [0.05, 0.1) is 0 Å². The molecule has 4 heteroatoms. The van der Waals surface area contributed by atoms with Gasteiger partial charge < -0.3 is 15.5 Å². The van der Waals surface area contributed by atoms with E-state index in [1.165, 1.54) is 6.07 Å². The van der Waals surface area contributed by atoms with Gasteiger partial charge in [-0.1, -0.05) is 6.07 Å². The van der Waals surface area contributed by atoms with Gasteiger partial charge in [-0.25, -0.2) is 4.39 Å². The first-order valence-electron chi connectivity index (χ1n) is 6.61. The Morgan fingerprint density at radius 2 is 2.22 bits per heavy atom. The quantitative estimate of drug-likeness (QED) is 0.887. The molecule has 1 heterocycles. The van der Waals surface area contributed by atoms with E-state index in [9.17, 15) is 4.39 Å². The van der Waals surface area contributed by atoms with Crippen LogP contribution >= 0.6 is 0 Å². The normalized spacial score (nSPS) is 21.9. The van der Waals surface area contributed by atoms with Crippen LogP contribution in [0.2, 0.25) is 0 Å². The summed E-state index contributed by atoms with van der Waals surface area (Å²) in [5.74, 6) is -0.170. The van der Waals surface area contributed by atoms with Crippen molar-refractivity contribution in [3.63, 3.8) is 0 Å². The largest absolute Gasteiger partial charge is 0.367 e. The van der Waals surface area contributed by atoms with Gasteiger partial charge in [0.2, 0.25) is 0 Å². The minimum atomic E-state index is -0.170. The minimum absolute atomic E-state index is 0.170. The van der Waals surface area contributed by atoms with E-state index in [0.29, 0.717) is 12.6 Å². The molecular weight excluding hydrogens is 229 g/mol. The molecule has 2 rings (SSSR count). The third-order valence-electron chi connectivity index (χ3n) is 3.54. The molecule has 1 aromatic carbocycles. The average Bonchev–Trinajstić information content (AvgIpc) is 2.51. The van der Waals surface area contributed by atoms with E-state index in [4.69, 9.17) is 5.73 Å². The molecule has 1 aliphatic rings. The molecule has 2 N–H and O–H groups in total. The van der Waals surface area contributed by atoms with Crippen molar-refractivity contribution in [2.24, 2.45) is 5.73 Å². The number of likely N-dealkylation sites (N-methyl/N-ethyl adjacent to an activating group) is 1. The zero-order valence-corrected chi connectivity index (χ0v) is 11.0. The number of anilines is 1. The van der Waals surface area contributed by atoms with Crippen molar-refractivity contribution in [3.8, 4) is 0 Å². The van der Waals surface area contributed by atoms with Gasteiger partial charge in [0.25, 0.3) is 0 Å². The fourth-order valence-corrected chi connectivity index (χ4v) is 2.68. The Hall–Kier alpha value is -1.13. The number of hydrogen-bond donors (Lipinski definition) is 1. The summed E-state index contributed by atoms with van der Waals surface area (Å²) in [6, 6.07) is 7.25. The Bertz CT molecular complexity index is 383. The van der Waals surface area contributed by atoms with Crippen molar-refractivity contribution in [1.29, 1.82) is 0 Å². The number of halogens is 1. The molecule has 100 valence electrons. The van der Waals surface area contributed by atoms with Gasteiger partial charge in [0, 0.05) is 24.8 Å². The standard InChI is InChI=1S/C14H22FN3/c1-17-8-3-9-18(14(11-17)6-7-16)13-5-2-4-12(15)10-13/h2,4-5,10,14H,3,6-9,11,16H2,1H3. The summed E-state index contributed by atoms with van der Waals surface area (Å²) in [5, 5.41) is 0. The Kier molecular flexibility index (Phi) is 4.55. The van der Waals surface area contributed by atoms with Crippen molar-refractivity contribution in [1.82, 2.24) is 4.90 Å². The van der Waals surface area contributed by atoms with E-state index in [2.05, 4.69) is 16.8 Å². The predicted octanol–water partition coefficient (Wildman–Crippen LogP) is 1.69. The van der Waals surface area contributed by atoms with Gasteiger partial charge in [0.1, 0.15) is 5.82 Å². The van der Waals surface area contributed by atoms with E-state index in [1.807, 2.05) is 6.07 Å². The summed E-state index contributed by atoms with van der Waals surface area (Å²) in [4.78, 5) is 4.64. The predicted molar refractivity (Wildman–Crippen MR) is 73.3 cm³/mol. The number of nitrogens with zero attached hydrogens (tertiary/aromatic N) is 2. The first kappa shape index (κ1) is 13.3. The number of benzene rings is 1. The van der Waals surface area contributed by atoms with Crippen LogP contribution in [0.3, 0.4) is 0 Å². The topological polar surface area (TPSA) is 32.5 Å². The van der Waals surface area contributed by atoms with Gasteiger partial charge in [-0.2, -0.15) is 0 Å². The van der Waals surface area contributed by atoms with Crippen LogP contribution in [-0.2, 0) is 0 Å². The maximum absolute atomic E-state index is 13.4. The molecule has 0 amide bonds. The van der Waals surface area contributed by atoms with E-state index in [-0.39, 0.29) is 5.82 Å². The highest BCUT2D eigenvalue weighted by Crippen LogP contribution is 2.22. The lowest BCUT2D eigenvalue weighted by Crippen LogP contribution is -2.41. The van der Waals surface area contributed by atoms with Gasteiger partial charge in [0.15, 0.2) is 0 Å². The molecule has 1 saturated heterocycles.